The number of aromatic nitrogens is 3. The predicted molar refractivity (Wildman–Crippen MR) is 110 cm³/mol. The number of fused-ring (bicyclic) bond motifs is 3. The van der Waals surface area contributed by atoms with Gasteiger partial charge in [0.1, 0.15) is 0 Å². The first-order valence-corrected chi connectivity index (χ1v) is 10.1. The lowest BCUT2D eigenvalue weighted by Crippen LogP contribution is -2.53. The molecule has 1 aliphatic heterocycles. The number of aryl methyl sites for hydroxylation is 1. The summed E-state index contributed by atoms with van der Waals surface area (Å²) in [4.78, 5) is 33.9. The van der Waals surface area contributed by atoms with Gasteiger partial charge in [0.25, 0.3) is 5.91 Å². The van der Waals surface area contributed by atoms with Gasteiger partial charge in [-0.3, -0.25) is 14.3 Å². The largest absolute Gasteiger partial charge is 0.392 e. The number of likely N-dealkylation sites (tertiary alicyclic amines) is 1. The molecule has 0 spiro atoms. The van der Waals surface area contributed by atoms with Crippen LogP contribution in [0.3, 0.4) is 0 Å². The maximum Gasteiger partial charge on any atom is 0.327 e. The number of H-pyrrole nitrogens is 1. The Morgan fingerprint density at radius 1 is 1.17 bits per heavy atom. The number of carbonyl (C=O) groups is 1. The average Bonchev–Trinajstić information content (AvgIpc) is 3.01. The lowest BCUT2D eigenvalue weighted by Gasteiger charge is -2.45. The number of imidazole rings is 1. The molecule has 29 heavy (non-hydrogen) atoms. The smallest absolute Gasteiger partial charge is 0.327 e. The van der Waals surface area contributed by atoms with E-state index in [9.17, 15) is 14.7 Å². The number of carbonyl (C=O) groups excluding carboxylic acids is 1. The Morgan fingerprint density at radius 3 is 2.69 bits per heavy atom. The van der Waals surface area contributed by atoms with E-state index in [0.717, 1.165) is 35.9 Å². The second-order valence-corrected chi connectivity index (χ2v) is 8.31. The van der Waals surface area contributed by atoms with E-state index < -0.39 is 0 Å². The zero-order valence-corrected chi connectivity index (χ0v) is 16.3. The molecule has 2 atom stereocenters. The van der Waals surface area contributed by atoms with Gasteiger partial charge in [-0.2, -0.15) is 0 Å². The molecule has 1 amide bonds. The van der Waals surface area contributed by atoms with Crippen LogP contribution in [0.5, 0.6) is 0 Å². The van der Waals surface area contributed by atoms with Gasteiger partial charge in [-0.1, -0.05) is 18.6 Å². The average molecular weight is 392 g/mol. The molecule has 2 aliphatic rings. The van der Waals surface area contributed by atoms with Crippen molar-refractivity contribution in [3.05, 3.63) is 52.6 Å². The Labute approximate surface area is 168 Å². The summed E-state index contributed by atoms with van der Waals surface area (Å²) >= 11 is 0. The number of aliphatic hydroxyl groups excluding tert-OH is 1. The van der Waals surface area contributed by atoms with Crippen LogP contribution in [0.15, 0.2) is 41.3 Å². The van der Waals surface area contributed by atoms with E-state index in [-0.39, 0.29) is 29.5 Å². The Balaban J connectivity index is 1.45. The lowest BCUT2D eigenvalue weighted by atomic mass is 9.75. The molecule has 0 radical (unpaired) electrons. The maximum absolute atomic E-state index is 13.2. The van der Waals surface area contributed by atoms with Crippen molar-refractivity contribution in [2.75, 3.05) is 13.1 Å². The lowest BCUT2D eigenvalue weighted by molar-refractivity contribution is -0.0412. The molecule has 150 valence electrons. The molecule has 7 heteroatoms. The van der Waals surface area contributed by atoms with Gasteiger partial charge in [-0.15, -0.1) is 0 Å². The summed E-state index contributed by atoms with van der Waals surface area (Å²) in [6.45, 7) is 1.25. The number of nitrogens with one attached hydrogen (secondary N) is 1. The number of benzene rings is 1. The number of piperidine rings is 1. The van der Waals surface area contributed by atoms with Crippen molar-refractivity contribution in [3.8, 4) is 11.1 Å². The molecule has 3 aromatic rings. The molecule has 1 aromatic carbocycles. The second-order valence-electron chi connectivity index (χ2n) is 8.31. The van der Waals surface area contributed by atoms with E-state index in [1.807, 2.05) is 35.2 Å². The van der Waals surface area contributed by atoms with Crippen molar-refractivity contribution in [1.29, 1.82) is 0 Å². The first kappa shape index (κ1) is 18.1. The number of nitrogens with zero attached hydrogens (tertiary/aromatic N) is 3. The second kappa shape index (κ2) is 6.84. The fraction of sp³-hybridized carbons (Fsp3) is 0.409. The summed E-state index contributed by atoms with van der Waals surface area (Å²) in [5.74, 6) is 0.394. The van der Waals surface area contributed by atoms with Crippen LogP contribution in [-0.2, 0) is 7.05 Å². The first-order chi connectivity index (χ1) is 14.0. The normalized spacial score (nSPS) is 24.1. The van der Waals surface area contributed by atoms with Crippen LogP contribution < -0.4 is 5.69 Å². The Morgan fingerprint density at radius 2 is 1.93 bits per heavy atom. The number of hydrogen-bond donors (Lipinski definition) is 2. The molecule has 7 nitrogen and oxygen atoms in total. The standard InChI is InChI=1S/C22H24N4O3/c1-25-18-9-17(10-23-20(18)24-22(25)29)13-4-2-5-14(8-13)21(28)26-11-15-6-3-7-16(12-26)19(15)27/h2,4-5,8-10,15-16,19,27H,3,6-7,11-12H2,1H3,(H,23,24,29). The van der Waals surface area contributed by atoms with Gasteiger partial charge in [0, 0.05) is 49.3 Å². The summed E-state index contributed by atoms with van der Waals surface area (Å²) in [7, 11) is 1.70. The van der Waals surface area contributed by atoms with E-state index in [4.69, 9.17) is 0 Å². The molecule has 2 fully saturated rings. The molecule has 1 aliphatic carbocycles. The number of aliphatic hydroxyl groups is 1. The third kappa shape index (κ3) is 3.06. The highest BCUT2D eigenvalue weighted by atomic mass is 16.3. The van der Waals surface area contributed by atoms with Crippen LogP contribution in [0.1, 0.15) is 29.6 Å². The van der Waals surface area contributed by atoms with Crippen LogP contribution >= 0.6 is 0 Å². The van der Waals surface area contributed by atoms with Crippen LogP contribution in [0.25, 0.3) is 22.3 Å². The van der Waals surface area contributed by atoms with Gasteiger partial charge in [0.05, 0.1) is 11.6 Å². The zero-order valence-electron chi connectivity index (χ0n) is 16.3. The molecule has 2 bridgehead atoms. The van der Waals surface area contributed by atoms with Gasteiger partial charge in [0.15, 0.2) is 5.65 Å². The maximum atomic E-state index is 13.2. The quantitative estimate of drug-likeness (QED) is 0.699. The highest BCUT2D eigenvalue weighted by molar-refractivity contribution is 5.95. The van der Waals surface area contributed by atoms with E-state index in [2.05, 4.69) is 9.97 Å². The third-order valence-corrected chi connectivity index (χ3v) is 6.51. The van der Waals surface area contributed by atoms with Crippen LogP contribution in [0.2, 0.25) is 0 Å². The SMILES string of the molecule is Cn1c(=O)[nH]c2ncc(-c3cccc(C(=O)N4CC5CCCC(C4)C5O)c3)cc21. The van der Waals surface area contributed by atoms with Crippen molar-refractivity contribution < 1.29 is 9.90 Å². The van der Waals surface area contributed by atoms with Gasteiger partial charge >= 0.3 is 5.69 Å². The van der Waals surface area contributed by atoms with Crippen molar-refractivity contribution in [3.63, 3.8) is 0 Å². The van der Waals surface area contributed by atoms with Crippen molar-refractivity contribution >= 4 is 17.1 Å². The first-order valence-electron chi connectivity index (χ1n) is 10.1. The van der Waals surface area contributed by atoms with Gasteiger partial charge in [0.2, 0.25) is 0 Å². The summed E-state index contributed by atoms with van der Waals surface area (Å²) in [5, 5.41) is 10.4. The van der Waals surface area contributed by atoms with Crippen molar-refractivity contribution in [1.82, 2.24) is 19.4 Å². The molecular formula is C22H24N4O3. The molecular weight excluding hydrogens is 368 g/mol. The number of amides is 1. The molecule has 3 heterocycles. The van der Waals surface area contributed by atoms with E-state index >= 15 is 0 Å². The monoisotopic (exact) mass is 392 g/mol. The van der Waals surface area contributed by atoms with E-state index in [1.165, 1.54) is 4.57 Å². The van der Waals surface area contributed by atoms with E-state index in [0.29, 0.717) is 24.3 Å². The fourth-order valence-electron chi connectivity index (χ4n) is 4.85. The number of aromatic amines is 1. The fourth-order valence-corrected chi connectivity index (χ4v) is 4.85. The minimum atomic E-state index is -0.273. The Bertz CT molecular complexity index is 1130. The minimum Gasteiger partial charge on any atom is -0.392 e. The Hall–Kier alpha value is -2.93. The topological polar surface area (TPSA) is 91.2 Å². The molecule has 5 rings (SSSR count). The van der Waals surface area contributed by atoms with Crippen LogP contribution in [0.4, 0.5) is 0 Å². The zero-order chi connectivity index (χ0) is 20.1. The highest BCUT2D eigenvalue weighted by Crippen LogP contribution is 2.35. The van der Waals surface area contributed by atoms with Crippen molar-refractivity contribution in [2.45, 2.75) is 25.4 Å². The van der Waals surface area contributed by atoms with Crippen LogP contribution in [-0.4, -0.2) is 49.6 Å². The van der Waals surface area contributed by atoms with Gasteiger partial charge in [-0.05, 0) is 36.6 Å². The molecule has 1 saturated heterocycles. The summed E-state index contributed by atoms with van der Waals surface area (Å²) in [5.41, 5.74) is 3.45. The highest BCUT2D eigenvalue weighted by Gasteiger charge is 2.39. The molecule has 2 N–H and O–H groups in total. The molecule has 2 unspecified atom stereocenters. The van der Waals surface area contributed by atoms with E-state index in [1.54, 1.807) is 13.2 Å². The number of rotatable bonds is 2. The van der Waals surface area contributed by atoms with Crippen molar-refractivity contribution in [2.24, 2.45) is 18.9 Å². The summed E-state index contributed by atoms with van der Waals surface area (Å²) in [6.07, 6.45) is 4.56. The molecule has 2 aromatic heterocycles. The minimum absolute atomic E-state index is 0.0127. The Kier molecular flexibility index (Phi) is 4.28. The predicted octanol–water partition coefficient (Wildman–Crippen LogP) is 2.16. The van der Waals surface area contributed by atoms with Gasteiger partial charge in [-0.25, -0.2) is 9.78 Å². The third-order valence-electron chi connectivity index (χ3n) is 6.51. The summed E-state index contributed by atoms with van der Waals surface area (Å²) in [6, 6.07) is 9.45. The van der Waals surface area contributed by atoms with Gasteiger partial charge < -0.3 is 10.0 Å². The molecule has 1 saturated carbocycles. The summed E-state index contributed by atoms with van der Waals surface area (Å²) < 4.78 is 1.53. The van der Waals surface area contributed by atoms with Crippen LogP contribution in [0, 0.1) is 11.8 Å². The number of hydrogen-bond acceptors (Lipinski definition) is 4. The number of pyridine rings is 1.